The largest absolute Gasteiger partial charge is 0.494 e. The van der Waals surface area contributed by atoms with Gasteiger partial charge in [0.1, 0.15) is 5.75 Å². The van der Waals surface area contributed by atoms with Gasteiger partial charge in [0.2, 0.25) is 5.91 Å². The van der Waals surface area contributed by atoms with Crippen molar-refractivity contribution in [3.05, 3.63) is 65.2 Å². The van der Waals surface area contributed by atoms with E-state index in [0.717, 1.165) is 37.0 Å². The van der Waals surface area contributed by atoms with Crippen LogP contribution in [0, 0.1) is 0 Å². The van der Waals surface area contributed by atoms with Gasteiger partial charge in [-0.15, -0.1) is 0 Å². The molecule has 3 rings (SSSR count). The van der Waals surface area contributed by atoms with Gasteiger partial charge in [-0.05, 0) is 61.2 Å². The Morgan fingerprint density at radius 1 is 1.04 bits per heavy atom. The molecule has 1 aliphatic carbocycles. The van der Waals surface area contributed by atoms with Crippen LogP contribution >= 0.6 is 0 Å². The van der Waals surface area contributed by atoms with E-state index in [1.165, 1.54) is 0 Å². The Bertz CT molecular complexity index is 780. The second-order valence-corrected chi connectivity index (χ2v) is 6.95. The van der Waals surface area contributed by atoms with Gasteiger partial charge >= 0.3 is 0 Å². The Labute approximate surface area is 160 Å². The Kier molecular flexibility index (Phi) is 6.12. The number of hydrogen-bond donors (Lipinski definition) is 1. The standard InChI is InChI=1S/C22H26N2O3/c1-2-3-14-27-20-12-8-18(9-13-20)22(26)24(19-10-11-19)15-16-4-6-17(7-5-16)21(23)25/h4-9,12-13,19H,2-3,10-11,14-15H2,1H3,(H2,23,25). The molecule has 0 radical (unpaired) electrons. The number of unbranched alkanes of at least 4 members (excludes halogenated alkanes) is 1. The molecule has 2 aromatic carbocycles. The van der Waals surface area contributed by atoms with E-state index in [1.807, 2.05) is 41.3 Å². The molecule has 2 N–H and O–H groups in total. The molecule has 2 amide bonds. The van der Waals surface area contributed by atoms with Gasteiger partial charge in [0.05, 0.1) is 6.61 Å². The summed E-state index contributed by atoms with van der Waals surface area (Å²) >= 11 is 0. The Balaban J connectivity index is 1.67. The van der Waals surface area contributed by atoms with Crippen molar-refractivity contribution < 1.29 is 14.3 Å². The molecule has 0 spiro atoms. The number of carbonyl (C=O) groups excluding carboxylic acids is 2. The zero-order chi connectivity index (χ0) is 19.2. The molecular formula is C22H26N2O3. The van der Waals surface area contributed by atoms with E-state index in [1.54, 1.807) is 12.1 Å². The van der Waals surface area contributed by atoms with Crippen LogP contribution in [-0.2, 0) is 6.54 Å². The molecule has 2 aromatic rings. The number of amides is 2. The lowest BCUT2D eigenvalue weighted by Gasteiger charge is -2.23. The minimum atomic E-state index is -0.446. The number of nitrogens with zero attached hydrogens (tertiary/aromatic N) is 1. The molecule has 1 saturated carbocycles. The van der Waals surface area contributed by atoms with Crippen LogP contribution in [0.15, 0.2) is 48.5 Å². The molecule has 0 atom stereocenters. The predicted octanol–water partition coefficient (Wildman–Crippen LogP) is 3.77. The van der Waals surface area contributed by atoms with Crippen LogP contribution in [-0.4, -0.2) is 29.4 Å². The van der Waals surface area contributed by atoms with Crippen molar-refractivity contribution in [3.8, 4) is 5.75 Å². The third-order valence-electron chi connectivity index (χ3n) is 4.71. The molecule has 0 unspecified atom stereocenters. The first kappa shape index (κ1) is 19.0. The number of benzene rings is 2. The van der Waals surface area contributed by atoms with Crippen molar-refractivity contribution in [1.82, 2.24) is 4.90 Å². The van der Waals surface area contributed by atoms with E-state index in [0.29, 0.717) is 24.3 Å². The Morgan fingerprint density at radius 3 is 2.22 bits per heavy atom. The second-order valence-electron chi connectivity index (χ2n) is 6.95. The van der Waals surface area contributed by atoms with Crippen LogP contribution in [0.4, 0.5) is 0 Å². The molecule has 5 heteroatoms. The lowest BCUT2D eigenvalue weighted by Crippen LogP contribution is -2.32. The fourth-order valence-electron chi connectivity index (χ4n) is 2.92. The van der Waals surface area contributed by atoms with Gasteiger partial charge in [-0.2, -0.15) is 0 Å². The first-order chi connectivity index (χ1) is 13.1. The van der Waals surface area contributed by atoms with E-state index < -0.39 is 5.91 Å². The maximum atomic E-state index is 13.0. The zero-order valence-corrected chi connectivity index (χ0v) is 15.7. The fourth-order valence-corrected chi connectivity index (χ4v) is 2.92. The summed E-state index contributed by atoms with van der Waals surface area (Å²) in [4.78, 5) is 26.1. The van der Waals surface area contributed by atoms with Crippen LogP contribution in [0.5, 0.6) is 5.75 Å². The molecule has 0 aromatic heterocycles. The lowest BCUT2D eigenvalue weighted by molar-refractivity contribution is 0.0729. The Morgan fingerprint density at radius 2 is 1.67 bits per heavy atom. The number of rotatable bonds is 9. The number of nitrogens with two attached hydrogens (primary N) is 1. The molecule has 27 heavy (non-hydrogen) atoms. The second kappa shape index (κ2) is 8.71. The first-order valence-corrected chi connectivity index (χ1v) is 9.51. The highest BCUT2D eigenvalue weighted by atomic mass is 16.5. The topological polar surface area (TPSA) is 72.6 Å². The smallest absolute Gasteiger partial charge is 0.254 e. The minimum Gasteiger partial charge on any atom is -0.494 e. The van der Waals surface area contributed by atoms with Gasteiger partial charge in [-0.1, -0.05) is 25.5 Å². The summed E-state index contributed by atoms with van der Waals surface area (Å²) in [7, 11) is 0. The highest BCUT2D eigenvalue weighted by Crippen LogP contribution is 2.30. The van der Waals surface area contributed by atoms with Gasteiger partial charge in [-0.3, -0.25) is 9.59 Å². The van der Waals surface area contributed by atoms with Crippen molar-refractivity contribution in [2.45, 2.75) is 45.2 Å². The van der Waals surface area contributed by atoms with Crippen molar-refractivity contribution in [2.24, 2.45) is 5.73 Å². The summed E-state index contributed by atoms with van der Waals surface area (Å²) in [6.07, 6.45) is 4.17. The van der Waals surface area contributed by atoms with E-state index in [9.17, 15) is 9.59 Å². The Hall–Kier alpha value is -2.82. The summed E-state index contributed by atoms with van der Waals surface area (Å²) in [5.41, 5.74) is 7.41. The highest BCUT2D eigenvalue weighted by molar-refractivity contribution is 5.95. The molecule has 1 aliphatic rings. The molecule has 1 fully saturated rings. The van der Waals surface area contributed by atoms with Crippen molar-refractivity contribution in [2.75, 3.05) is 6.61 Å². The van der Waals surface area contributed by atoms with Gasteiger partial charge in [0.25, 0.3) is 5.91 Å². The lowest BCUT2D eigenvalue weighted by atomic mass is 10.1. The fraction of sp³-hybridized carbons (Fsp3) is 0.364. The SMILES string of the molecule is CCCCOc1ccc(C(=O)N(Cc2ccc(C(N)=O)cc2)C2CC2)cc1. The summed E-state index contributed by atoms with van der Waals surface area (Å²) < 4.78 is 5.66. The van der Waals surface area contributed by atoms with E-state index in [-0.39, 0.29) is 11.9 Å². The van der Waals surface area contributed by atoms with E-state index >= 15 is 0 Å². The van der Waals surface area contributed by atoms with E-state index in [4.69, 9.17) is 10.5 Å². The van der Waals surface area contributed by atoms with Crippen LogP contribution < -0.4 is 10.5 Å². The van der Waals surface area contributed by atoms with Crippen LogP contribution in [0.1, 0.15) is 58.9 Å². The van der Waals surface area contributed by atoms with Crippen molar-refractivity contribution in [1.29, 1.82) is 0 Å². The summed E-state index contributed by atoms with van der Waals surface area (Å²) in [6.45, 7) is 3.34. The van der Waals surface area contributed by atoms with Crippen LogP contribution in [0.25, 0.3) is 0 Å². The predicted molar refractivity (Wildman–Crippen MR) is 105 cm³/mol. The van der Waals surface area contributed by atoms with Gasteiger partial charge in [-0.25, -0.2) is 0 Å². The monoisotopic (exact) mass is 366 g/mol. The maximum absolute atomic E-state index is 13.0. The summed E-state index contributed by atoms with van der Waals surface area (Å²) in [5, 5.41) is 0. The van der Waals surface area contributed by atoms with Gasteiger partial charge in [0, 0.05) is 23.7 Å². The average Bonchev–Trinajstić information content (AvgIpc) is 3.52. The molecule has 0 saturated heterocycles. The third kappa shape index (κ3) is 5.09. The molecule has 0 heterocycles. The van der Waals surface area contributed by atoms with Gasteiger partial charge in [0.15, 0.2) is 0 Å². The van der Waals surface area contributed by atoms with Gasteiger partial charge < -0.3 is 15.4 Å². The van der Waals surface area contributed by atoms with Crippen molar-refractivity contribution >= 4 is 11.8 Å². The van der Waals surface area contributed by atoms with E-state index in [2.05, 4.69) is 6.92 Å². The molecule has 5 nitrogen and oxygen atoms in total. The number of carbonyl (C=O) groups is 2. The third-order valence-corrected chi connectivity index (χ3v) is 4.71. The normalized spacial score (nSPS) is 13.2. The number of hydrogen-bond acceptors (Lipinski definition) is 3. The number of ether oxygens (including phenoxy) is 1. The molecule has 0 aliphatic heterocycles. The quantitative estimate of drug-likeness (QED) is 0.687. The minimum absolute atomic E-state index is 0.0246. The molecular weight excluding hydrogens is 340 g/mol. The summed E-state index contributed by atoms with van der Waals surface area (Å²) in [5.74, 6) is 0.370. The average molecular weight is 366 g/mol. The zero-order valence-electron chi connectivity index (χ0n) is 15.7. The number of primary amides is 1. The van der Waals surface area contributed by atoms with Crippen LogP contribution in [0.2, 0.25) is 0 Å². The molecule has 0 bridgehead atoms. The first-order valence-electron chi connectivity index (χ1n) is 9.51. The maximum Gasteiger partial charge on any atom is 0.254 e. The molecule has 142 valence electrons. The summed E-state index contributed by atoms with van der Waals surface area (Å²) in [6, 6.07) is 14.8. The highest BCUT2D eigenvalue weighted by Gasteiger charge is 2.33. The van der Waals surface area contributed by atoms with Crippen LogP contribution in [0.3, 0.4) is 0 Å². The van der Waals surface area contributed by atoms with Crippen molar-refractivity contribution in [3.63, 3.8) is 0 Å².